The molecule has 7 heteroatoms. The number of anilines is 2. The van der Waals surface area contributed by atoms with Crippen LogP contribution in [0.2, 0.25) is 0 Å². The number of carbonyl (C=O) groups excluding carboxylic acids is 2. The number of halogens is 1. The van der Waals surface area contributed by atoms with Crippen LogP contribution in [-0.2, 0) is 16.0 Å². The molecule has 1 N–H and O–H groups in total. The van der Waals surface area contributed by atoms with Gasteiger partial charge in [-0.15, -0.1) is 0 Å². The van der Waals surface area contributed by atoms with Gasteiger partial charge in [-0.3, -0.25) is 14.5 Å². The minimum Gasteiger partial charge on any atom is -0.325 e. The zero-order valence-corrected chi connectivity index (χ0v) is 18.6. The molecule has 2 heterocycles. The van der Waals surface area contributed by atoms with Gasteiger partial charge in [0.05, 0.1) is 12.1 Å². The molecule has 0 atom stereocenters. The van der Waals surface area contributed by atoms with Crippen LogP contribution in [-0.4, -0.2) is 29.1 Å². The Morgan fingerprint density at radius 1 is 1.10 bits per heavy atom. The highest BCUT2D eigenvalue weighted by Gasteiger charge is 2.27. The van der Waals surface area contributed by atoms with Gasteiger partial charge in [-0.05, 0) is 53.9 Å². The van der Waals surface area contributed by atoms with E-state index >= 15 is 0 Å². The third-order valence-electron chi connectivity index (χ3n) is 5.02. The van der Waals surface area contributed by atoms with Gasteiger partial charge in [0.1, 0.15) is 12.2 Å². The number of fused-ring (bicyclic) bond motifs is 1. The van der Waals surface area contributed by atoms with Crippen LogP contribution in [0.15, 0.2) is 76.3 Å². The van der Waals surface area contributed by atoms with Crippen LogP contribution in [0, 0.1) is 0 Å². The molecule has 0 fully saturated rings. The largest absolute Gasteiger partial charge is 0.325 e. The van der Waals surface area contributed by atoms with E-state index in [9.17, 15) is 9.59 Å². The van der Waals surface area contributed by atoms with Gasteiger partial charge in [0.15, 0.2) is 5.82 Å². The second-order valence-electron chi connectivity index (χ2n) is 7.17. The summed E-state index contributed by atoms with van der Waals surface area (Å²) in [4.78, 5) is 36.3. The number of aromatic nitrogens is 1. The van der Waals surface area contributed by atoms with Gasteiger partial charge >= 0.3 is 0 Å². The third-order valence-corrected chi connectivity index (χ3v) is 5.55. The Morgan fingerprint density at radius 2 is 1.84 bits per heavy atom. The molecule has 0 spiro atoms. The van der Waals surface area contributed by atoms with Crippen molar-refractivity contribution in [2.75, 3.05) is 16.8 Å². The molecule has 156 valence electrons. The Hall–Kier alpha value is -3.32. The van der Waals surface area contributed by atoms with Crippen molar-refractivity contribution in [2.45, 2.75) is 19.8 Å². The lowest BCUT2D eigenvalue weighted by Crippen LogP contribution is -2.38. The average Bonchev–Trinajstić information content (AvgIpc) is 2.92. The maximum Gasteiger partial charge on any atom is 0.244 e. The number of benzene rings is 2. The summed E-state index contributed by atoms with van der Waals surface area (Å²) in [6.07, 6.45) is 2.63. The third kappa shape index (κ3) is 4.88. The predicted molar refractivity (Wildman–Crippen MR) is 126 cm³/mol. The highest BCUT2D eigenvalue weighted by molar-refractivity contribution is 9.10. The van der Waals surface area contributed by atoms with E-state index in [1.54, 1.807) is 30.5 Å². The van der Waals surface area contributed by atoms with E-state index in [-0.39, 0.29) is 24.8 Å². The molecular weight excluding hydrogens is 456 g/mol. The van der Waals surface area contributed by atoms with Gasteiger partial charge in [-0.25, -0.2) is 9.98 Å². The van der Waals surface area contributed by atoms with E-state index in [0.29, 0.717) is 22.9 Å². The zero-order chi connectivity index (χ0) is 21.8. The van der Waals surface area contributed by atoms with E-state index in [2.05, 4.69) is 33.2 Å². The van der Waals surface area contributed by atoms with Crippen LogP contribution < -0.4 is 10.2 Å². The maximum absolute atomic E-state index is 13.1. The molecule has 31 heavy (non-hydrogen) atoms. The Labute approximate surface area is 189 Å². The normalized spacial score (nSPS) is 13.3. The van der Waals surface area contributed by atoms with Crippen molar-refractivity contribution in [3.63, 3.8) is 0 Å². The first-order valence-electron chi connectivity index (χ1n) is 10.0. The Balaban J connectivity index is 1.59. The smallest absolute Gasteiger partial charge is 0.244 e. The van der Waals surface area contributed by atoms with Crippen molar-refractivity contribution in [3.05, 3.63) is 82.5 Å². The maximum atomic E-state index is 13.1. The molecule has 0 aliphatic carbocycles. The minimum atomic E-state index is -0.303. The topological polar surface area (TPSA) is 74.7 Å². The summed E-state index contributed by atoms with van der Waals surface area (Å²) in [5, 5.41) is 2.82. The van der Waals surface area contributed by atoms with Crippen LogP contribution in [0.5, 0.6) is 0 Å². The SMILES string of the molecule is CCc1ccc(C2=Nc3cccnc3N(CC(=O)Nc3ccc(Br)cc3)C(=O)C2)cc1. The van der Waals surface area contributed by atoms with Gasteiger partial charge < -0.3 is 5.32 Å². The van der Waals surface area contributed by atoms with E-state index in [1.807, 2.05) is 36.4 Å². The minimum absolute atomic E-state index is 0.0907. The number of hydrogen-bond donors (Lipinski definition) is 1. The number of nitrogens with one attached hydrogen (secondary N) is 1. The van der Waals surface area contributed by atoms with Gasteiger partial charge in [0.25, 0.3) is 0 Å². The number of aryl methyl sites for hydroxylation is 1. The number of aliphatic imine (C=N–C) groups is 1. The van der Waals surface area contributed by atoms with E-state index in [1.165, 1.54) is 10.5 Å². The molecule has 1 aliphatic heterocycles. The Kier molecular flexibility index (Phi) is 6.23. The van der Waals surface area contributed by atoms with Crippen LogP contribution in [0.3, 0.4) is 0 Å². The lowest BCUT2D eigenvalue weighted by molar-refractivity contribution is -0.120. The molecule has 0 unspecified atom stereocenters. The molecule has 2 amide bonds. The second kappa shape index (κ2) is 9.22. The molecule has 0 saturated carbocycles. The zero-order valence-electron chi connectivity index (χ0n) is 17.0. The van der Waals surface area contributed by atoms with Crippen molar-refractivity contribution < 1.29 is 9.59 Å². The fourth-order valence-corrected chi connectivity index (χ4v) is 3.63. The lowest BCUT2D eigenvalue weighted by atomic mass is 10.0. The summed E-state index contributed by atoms with van der Waals surface area (Å²) in [5.41, 5.74) is 4.00. The standard InChI is InChI=1S/C24H21BrN4O2/c1-2-16-5-7-17(8-6-16)21-14-23(31)29(24-20(28-21)4-3-13-26-24)15-22(30)27-19-11-9-18(25)10-12-19/h3-13H,2,14-15H2,1H3,(H,27,30). The first kappa shape index (κ1) is 20.9. The summed E-state index contributed by atoms with van der Waals surface area (Å²) in [5.74, 6) is -0.136. The van der Waals surface area contributed by atoms with Crippen molar-refractivity contribution in [1.29, 1.82) is 0 Å². The molecule has 6 nitrogen and oxygen atoms in total. The van der Waals surface area contributed by atoms with Crippen molar-refractivity contribution in [2.24, 2.45) is 4.99 Å². The monoisotopic (exact) mass is 476 g/mol. The summed E-state index contributed by atoms with van der Waals surface area (Å²) < 4.78 is 0.919. The molecule has 0 bridgehead atoms. The van der Waals surface area contributed by atoms with E-state index in [4.69, 9.17) is 4.99 Å². The summed E-state index contributed by atoms with van der Waals surface area (Å²) >= 11 is 3.37. The van der Waals surface area contributed by atoms with Crippen LogP contribution in [0.4, 0.5) is 17.2 Å². The molecule has 2 aromatic carbocycles. The number of nitrogens with zero attached hydrogens (tertiary/aromatic N) is 3. The first-order chi connectivity index (χ1) is 15.0. The summed E-state index contributed by atoms with van der Waals surface area (Å²) in [6.45, 7) is 1.96. The van der Waals surface area contributed by atoms with Crippen molar-refractivity contribution >= 4 is 50.6 Å². The molecule has 1 aromatic heterocycles. The molecule has 3 aromatic rings. The van der Waals surface area contributed by atoms with Gasteiger partial charge in [0, 0.05) is 16.4 Å². The second-order valence-corrected chi connectivity index (χ2v) is 8.08. The molecular formula is C24H21BrN4O2. The fourth-order valence-electron chi connectivity index (χ4n) is 3.37. The summed E-state index contributed by atoms with van der Waals surface area (Å²) in [6, 6.07) is 18.9. The van der Waals surface area contributed by atoms with Crippen LogP contribution in [0.25, 0.3) is 0 Å². The lowest BCUT2D eigenvalue weighted by Gasteiger charge is -2.20. The van der Waals surface area contributed by atoms with Crippen LogP contribution >= 0.6 is 15.9 Å². The van der Waals surface area contributed by atoms with E-state index < -0.39 is 0 Å². The fraction of sp³-hybridized carbons (Fsp3) is 0.167. The van der Waals surface area contributed by atoms with Crippen molar-refractivity contribution in [3.8, 4) is 0 Å². The number of rotatable bonds is 5. The highest BCUT2D eigenvalue weighted by atomic mass is 79.9. The number of pyridine rings is 1. The number of amides is 2. The van der Waals surface area contributed by atoms with Crippen molar-refractivity contribution in [1.82, 2.24) is 4.98 Å². The summed E-state index contributed by atoms with van der Waals surface area (Å²) in [7, 11) is 0. The average molecular weight is 477 g/mol. The number of carbonyl (C=O) groups is 2. The van der Waals surface area contributed by atoms with E-state index in [0.717, 1.165) is 16.5 Å². The predicted octanol–water partition coefficient (Wildman–Crippen LogP) is 4.90. The highest BCUT2D eigenvalue weighted by Crippen LogP contribution is 2.31. The molecule has 0 radical (unpaired) electrons. The quantitative estimate of drug-likeness (QED) is 0.568. The Morgan fingerprint density at radius 3 is 2.55 bits per heavy atom. The molecule has 1 aliphatic rings. The first-order valence-corrected chi connectivity index (χ1v) is 10.8. The molecule has 0 saturated heterocycles. The van der Waals surface area contributed by atoms with Gasteiger partial charge in [0.2, 0.25) is 11.8 Å². The van der Waals surface area contributed by atoms with Gasteiger partial charge in [-0.1, -0.05) is 47.1 Å². The van der Waals surface area contributed by atoms with Gasteiger partial charge in [-0.2, -0.15) is 0 Å². The molecule has 4 rings (SSSR count). The van der Waals surface area contributed by atoms with Crippen LogP contribution in [0.1, 0.15) is 24.5 Å². The Bertz CT molecular complexity index is 1140. The number of hydrogen-bond acceptors (Lipinski definition) is 4.